The van der Waals surface area contributed by atoms with Gasteiger partial charge < -0.3 is 5.32 Å². The molecular weight excluding hydrogens is 250 g/mol. The molecule has 0 bridgehead atoms. The quantitative estimate of drug-likeness (QED) is 0.580. The number of urea groups is 1. The molecule has 1 aromatic heterocycles. The molecular formula is C11H11N5O3. The average Bonchev–Trinajstić information content (AvgIpc) is 2.74. The number of non-ortho nitro benzene ring substituents is 1. The van der Waals surface area contributed by atoms with E-state index < -0.39 is 11.0 Å². The van der Waals surface area contributed by atoms with E-state index in [2.05, 4.69) is 20.8 Å². The summed E-state index contributed by atoms with van der Waals surface area (Å²) in [4.78, 5) is 21.7. The minimum absolute atomic E-state index is 0.0894. The molecule has 0 radical (unpaired) electrons. The number of nitrogens with one attached hydrogen (secondary N) is 3. The highest BCUT2D eigenvalue weighted by atomic mass is 16.6. The number of nitro benzene ring substituents is 1. The summed E-state index contributed by atoms with van der Waals surface area (Å²) in [7, 11) is 0. The first kappa shape index (κ1) is 12.6. The van der Waals surface area contributed by atoms with Crippen LogP contribution >= 0.6 is 0 Å². The minimum atomic E-state index is -0.528. The molecule has 0 aliphatic heterocycles. The topological polar surface area (TPSA) is 113 Å². The summed E-state index contributed by atoms with van der Waals surface area (Å²) in [6.07, 6.45) is 0. The Morgan fingerprint density at radius 2 is 2.16 bits per heavy atom. The predicted octanol–water partition coefficient (Wildman–Crippen LogP) is 2.27. The smallest absolute Gasteiger partial charge is 0.307 e. The Balaban J connectivity index is 2.02. The van der Waals surface area contributed by atoms with Crippen LogP contribution in [0.3, 0.4) is 0 Å². The first-order chi connectivity index (χ1) is 9.04. The first-order valence-corrected chi connectivity index (χ1v) is 5.39. The minimum Gasteiger partial charge on any atom is -0.307 e. The zero-order chi connectivity index (χ0) is 13.8. The van der Waals surface area contributed by atoms with Crippen molar-refractivity contribution in [3.8, 4) is 0 Å². The first-order valence-electron chi connectivity index (χ1n) is 5.39. The number of rotatable bonds is 3. The van der Waals surface area contributed by atoms with Crippen molar-refractivity contribution in [3.05, 3.63) is 46.1 Å². The van der Waals surface area contributed by atoms with Gasteiger partial charge in [-0.3, -0.25) is 20.5 Å². The molecule has 0 aliphatic carbocycles. The van der Waals surface area contributed by atoms with Crippen molar-refractivity contribution in [2.24, 2.45) is 0 Å². The lowest BCUT2D eigenvalue weighted by molar-refractivity contribution is -0.384. The van der Waals surface area contributed by atoms with Crippen molar-refractivity contribution in [1.29, 1.82) is 0 Å². The Morgan fingerprint density at radius 3 is 2.79 bits per heavy atom. The third-order valence-electron chi connectivity index (χ3n) is 2.26. The normalized spacial score (nSPS) is 9.95. The van der Waals surface area contributed by atoms with E-state index in [0.29, 0.717) is 11.5 Å². The van der Waals surface area contributed by atoms with E-state index in [1.165, 1.54) is 18.2 Å². The molecule has 98 valence electrons. The van der Waals surface area contributed by atoms with E-state index in [0.717, 1.165) is 5.69 Å². The molecule has 2 amide bonds. The van der Waals surface area contributed by atoms with E-state index in [1.54, 1.807) is 19.1 Å². The molecule has 0 saturated heterocycles. The zero-order valence-corrected chi connectivity index (χ0v) is 10.0. The number of hydrogen-bond donors (Lipinski definition) is 3. The maximum atomic E-state index is 11.6. The molecule has 0 aliphatic rings. The SMILES string of the molecule is Cc1cc(NC(=O)Nc2cccc([N+](=O)[O-])c2)n[nH]1. The summed E-state index contributed by atoms with van der Waals surface area (Å²) in [5.41, 5.74) is 1.05. The molecule has 2 rings (SSSR count). The second kappa shape index (κ2) is 5.17. The molecule has 8 heteroatoms. The van der Waals surface area contributed by atoms with E-state index in [1.807, 2.05) is 0 Å². The van der Waals surface area contributed by atoms with Crippen molar-refractivity contribution in [2.75, 3.05) is 10.6 Å². The van der Waals surface area contributed by atoms with Crippen LogP contribution in [0.1, 0.15) is 5.69 Å². The molecule has 1 aromatic carbocycles. The lowest BCUT2D eigenvalue weighted by Gasteiger charge is -2.04. The van der Waals surface area contributed by atoms with Crippen LogP contribution in [0.4, 0.5) is 22.0 Å². The summed E-state index contributed by atoms with van der Waals surface area (Å²) in [5, 5.41) is 22.1. The van der Waals surface area contributed by atoms with Gasteiger partial charge in [-0.25, -0.2) is 4.79 Å². The molecule has 2 aromatic rings. The summed E-state index contributed by atoms with van der Waals surface area (Å²) < 4.78 is 0. The highest BCUT2D eigenvalue weighted by molar-refractivity contribution is 5.99. The van der Waals surface area contributed by atoms with Crippen LogP contribution < -0.4 is 10.6 Å². The van der Waals surface area contributed by atoms with Gasteiger partial charge in [0, 0.05) is 29.6 Å². The zero-order valence-electron chi connectivity index (χ0n) is 10.0. The Labute approximate surface area is 108 Å². The van der Waals surface area contributed by atoms with Gasteiger partial charge >= 0.3 is 6.03 Å². The van der Waals surface area contributed by atoms with Crippen molar-refractivity contribution < 1.29 is 9.72 Å². The van der Waals surface area contributed by atoms with Gasteiger partial charge in [-0.05, 0) is 13.0 Å². The number of carbonyl (C=O) groups is 1. The monoisotopic (exact) mass is 261 g/mol. The number of nitro groups is 1. The number of H-pyrrole nitrogens is 1. The standard InChI is InChI=1S/C11H11N5O3/c1-7-5-10(15-14-7)13-11(17)12-8-3-2-4-9(6-8)16(18)19/h2-6H,1H3,(H3,12,13,14,15,17). The fourth-order valence-electron chi connectivity index (χ4n) is 1.46. The maximum Gasteiger partial charge on any atom is 0.324 e. The summed E-state index contributed by atoms with van der Waals surface area (Å²) in [5.74, 6) is 0.375. The average molecular weight is 261 g/mol. The molecule has 0 spiro atoms. The Kier molecular flexibility index (Phi) is 3.42. The van der Waals surface area contributed by atoms with Gasteiger partial charge in [-0.2, -0.15) is 5.10 Å². The predicted molar refractivity (Wildman–Crippen MR) is 69.1 cm³/mol. The van der Waals surface area contributed by atoms with E-state index in [4.69, 9.17) is 0 Å². The van der Waals surface area contributed by atoms with Crippen LogP contribution in [-0.4, -0.2) is 21.2 Å². The second-order valence-corrected chi connectivity index (χ2v) is 3.82. The largest absolute Gasteiger partial charge is 0.324 e. The number of aromatic amines is 1. The van der Waals surface area contributed by atoms with E-state index in [-0.39, 0.29) is 5.69 Å². The number of anilines is 2. The lowest BCUT2D eigenvalue weighted by Crippen LogP contribution is -2.19. The van der Waals surface area contributed by atoms with Crippen LogP contribution in [0, 0.1) is 17.0 Å². The fourth-order valence-corrected chi connectivity index (χ4v) is 1.46. The number of hydrogen-bond acceptors (Lipinski definition) is 4. The fraction of sp³-hybridized carbons (Fsp3) is 0.0909. The van der Waals surface area contributed by atoms with Gasteiger partial charge in [0.15, 0.2) is 5.82 Å². The van der Waals surface area contributed by atoms with Crippen molar-refractivity contribution >= 4 is 23.2 Å². The van der Waals surface area contributed by atoms with Crippen LogP contribution in [-0.2, 0) is 0 Å². The molecule has 1 heterocycles. The Morgan fingerprint density at radius 1 is 1.37 bits per heavy atom. The Bertz CT molecular complexity index is 622. The van der Waals surface area contributed by atoms with Crippen molar-refractivity contribution in [3.63, 3.8) is 0 Å². The molecule has 0 atom stereocenters. The van der Waals surface area contributed by atoms with Gasteiger partial charge in [0.2, 0.25) is 0 Å². The number of carbonyl (C=O) groups excluding carboxylic acids is 1. The lowest BCUT2D eigenvalue weighted by atomic mass is 10.3. The Hall–Kier alpha value is -2.90. The molecule has 0 saturated carbocycles. The van der Waals surface area contributed by atoms with Crippen LogP contribution in [0.5, 0.6) is 0 Å². The van der Waals surface area contributed by atoms with Crippen LogP contribution in [0.15, 0.2) is 30.3 Å². The number of aryl methyl sites for hydroxylation is 1. The number of amides is 2. The molecule has 0 fully saturated rings. The van der Waals surface area contributed by atoms with Gasteiger partial charge in [0.05, 0.1) is 4.92 Å². The number of aromatic nitrogens is 2. The van der Waals surface area contributed by atoms with Crippen LogP contribution in [0.25, 0.3) is 0 Å². The third-order valence-corrected chi connectivity index (χ3v) is 2.26. The van der Waals surface area contributed by atoms with Gasteiger partial charge in [0.25, 0.3) is 5.69 Å². The third kappa shape index (κ3) is 3.28. The van der Waals surface area contributed by atoms with E-state index >= 15 is 0 Å². The van der Waals surface area contributed by atoms with Gasteiger partial charge in [-0.15, -0.1) is 0 Å². The second-order valence-electron chi connectivity index (χ2n) is 3.82. The molecule has 19 heavy (non-hydrogen) atoms. The summed E-state index contributed by atoms with van der Waals surface area (Å²) >= 11 is 0. The highest BCUT2D eigenvalue weighted by Gasteiger charge is 2.09. The molecule has 8 nitrogen and oxygen atoms in total. The molecule has 3 N–H and O–H groups in total. The van der Waals surface area contributed by atoms with E-state index in [9.17, 15) is 14.9 Å². The van der Waals surface area contributed by atoms with Gasteiger partial charge in [0.1, 0.15) is 0 Å². The summed E-state index contributed by atoms with van der Waals surface area (Å²) in [6.45, 7) is 1.80. The summed E-state index contributed by atoms with van der Waals surface area (Å²) in [6, 6.07) is 6.81. The number of nitrogens with zero attached hydrogens (tertiary/aromatic N) is 2. The molecule has 0 unspecified atom stereocenters. The van der Waals surface area contributed by atoms with Crippen molar-refractivity contribution in [1.82, 2.24) is 10.2 Å². The van der Waals surface area contributed by atoms with Crippen molar-refractivity contribution in [2.45, 2.75) is 6.92 Å². The van der Waals surface area contributed by atoms with Crippen LogP contribution in [0.2, 0.25) is 0 Å². The maximum absolute atomic E-state index is 11.6. The number of benzene rings is 1. The van der Waals surface area contributed by atoms with Gasteiger partial charge in [-0.1, -0.05) is 6.07 Å². The highest BCUT2D eigenvalue weighted by Crippen LogP contribution is 2.17.